The Kier molecular flexibility index (Phi) is 2.60. The second-order valence-corrected chi connectivity index (χ2v) is 5.43. The Morgan fingerprint density at radius 3 is 2.89 bits per heavy atom. The summed E-state index contributed by atoms with van der Waals surface area (Å²) < 4.78 is 0. The summed E-state index contributed by atoms with van der Waals surface area (Å²) >= 11 is 0. The number of carbonyl (C=O) groups excluding carboxylic acids is 2. The average Bonchev–Trinajstić information content (AvgIpc) is 3.08. The maximum Gasteiger partial charge on any atom is 0.240 e. The number of nitrogens with two attached hydrogens (primary N) is 1. The average molecular weight is 259 g/mol. The second kappa shape index (κ2) is 4.06. The predicted molar refractivity (Wildman–Crippen MR) is 71.6 cm³/mol. The Labute approximate surface area is 111 Å². The molecule has 0 bridgehead atoms. The lowest BCUT2D eigenvalue weighted by Crippen LogP contribution is -2.42. The first-order valence-electron chi connectivity index (χ1n) is 6.45. The number of benzene rings is 1. The van der Waals surface area contributed by atoms with E-state index >= 15 is 0 Å². The van der Waals surface area contributed by atoms with Crippen LogP contribution < -0.4 is 16.0 Å². The lowest BCUT2D eigenvalue weighted by molar-refractivity contribution is -0.123. The van der Waals surface area contributed by atoms with Gasteiger partial charge in [0.2, 0.25) is 11.8 Å². The normalized spacial score (nSPS) is 19.3. The molecule has 0 aromatic heterocycles. The molecule has 5 nitrogen and oxygen atoms in total. The highest BCUT2D eigenvalue weighted by Gasteiger charge is 2.45. The Bertz CT molecular complexity index is 564. The summed E-state index contributed by atoms with van der Waals surface area (Å²) in [6.07, 6.45) is 1.97. The molecule has 0 radical (unpaired) electrons. The lowest BCUT2D eigenvalue weighted by atomic mass is 10.1. The number of fused-ring (bicyclic) bond motifs is 1. The van der Waals surface area contributed by atoms with Crippen LogP contribution >= 0.6 is 0 Å². The van der Waals surface area contributed by atoms with E-state index < -0.39 is 5.54 Å². The summed E-state index contributed by atoms with van der Waals surface area (Å²) in [5.41, 5.74) is 8.16. The molecule has 100 valence electrons. The molecule has 0 saturated heterocycles. The van der Waals surface area contributed by atoms with Crippen molar-refractivity contribution in [2.75, 3.05) is 11.9 Å². The fourth-order valence-electron chi connectivity index (χ4n) is 2.35. The molecule has 0 unspecified atom stereocenters. The van der Waals surface area contributed by atoms with Crippen LogP contribution in [0.2, 0.25) is 0 Å². The highest BCUT2D eigenvalue weighted by atomic mass is 16.2. The largest absolute Gasteiger partial charge is 0.350 e. The summed E-state index contributed by atoms with van der Waals surface area (Å²) in [6.45, 7) is 0.461. The number of anilines is 1. The molecule has 0 spiro atoms. The van der Waals surface area contributed by atoms with Gasteiger partial charge in [-0.1, -0.05) is 12.1 Å². The Morgan fingerprint density at radius 1 is 1.47 bits per heavy atom. The van der Waals surface area contributed by atoms with E-state index in [1.54, 1.807) is 11.9 Å². The third-order valence-corrected chi connectivity index (χ3v) is 3.91. The molecule has 1 aromatic rings. The van der Waals surface area contributed by atoms with Crippen molar-refractivity contribution in [2.24, 2.45) is 5.73 Å². The molecule has 3 N–H and O–H groups in total. The van der Waals surface area contributed by atoms with Crippen molar-refractivity contribution in [3.05, 3.63) is 29.3 Å². The fourth-order valence-corrected chi connectivity index (χ4v) is 2.35. The summed E-state index contributed by atoms with van der Waals surface area (Å²) in [5.74, 6) is 0.0243. The molecule has 2 aliphatic rings. The maximum atomic E-state index is 11.7. The number of hydrogen-bond donors (Lipinski definition) is 2. The lowest BCUT2D eigenvalue weighted by Gasteiger charge is -2.12. The molecule has 1 aromatic carbocycles. The first kappa shape index (κ1) is 12.2. The van der Waals surface area contributed by atoms with Crippen LogP contribution in [0.25, 0.3) is 0 Å². The molecule has 1 aliphatic carbocycles. The molecule has 5 heteroatoms. The third-order valence-electron chi connectivity index (χ3n) is 3.91. The third kappa shape index (κ3) is 2.10. The summed E-state index contributed by atoms with van der Waals surface area (Å²) in [5, 5.41) is 2.85. The van der Waals surface area contributed by atoms with Crippen LogP contribution in [0, 0.1) is 0 Å². The maximum absolute atomic E-state index is 11.7. The van der Waals surface area contributed by atoms with E-state index in [9.17, 15) is 9.59 Å². The second-order valence-electron chi connectivity index (χ2n) is 5.43. The van der Waals surface area contributed by atoms with E-state index in [-0.39, 0.29) is 11.8 Å². The van der Waals surface area contributed by atoms with Crippen LogP contribution in [-0.4, -0.2) is 24.4 Å². The first-order chi connectivity index (χ1) is 8.99. The van der Waals surface area contributed by atoms with Crippen molar-refractivity contribution in [3.63, 3.8) is 0 Å². The van der Waals surface area contributed by atoms with Gasteiger partial charge in [0.25, 0.3) is 0 Å². The number of nitrogens with one attached hydrogen (secondary N) is 1. The molecule has 19 heavy (non-hydrogen) atoms. The van der Waals surface area contributed by atoms with Crippen molar-refractivity contribution in [1.29, 1.82) is 0 Å². The number of amides is 2. The number of carbonyl (C=O) groups is 2. The van der Waals surface area contributed by atoms with Gasteiger partial charge in [-0.2, -0.15) is 0 Å². The molecule has 1 fully saturated rings. The van der Waals surface area contributed by atoms with Crippen LogP contribution in [0.1, 0.15) is 24.0 Å². The van der Waals surface area contributed by atoms with E-state index in [0.29, 0.717) is 13.0 Å². The minimum atomic E-state index is -0.632. The Morgan fingerprint density at radius 2 is 2.21 bits per heavy atom. The van der Waals surface area contributed by atoms with E-state index in [1.807, 2.05) is 18.2 Å². The quantitative estimate of drug-likeness (QED) is 0.820. The molecular weight excluding hydrogens is 242 g/mol. The standard InChI is InChI=1S/C14H17N3O2/c1-17-11-3-2-9(6-10(11)7-12(17)18)8-16-13(19)14(15)4-5-14/h2-3,6H,4-5,7-8,15H2,1H3,(H,16,19). The SMILES string of the molecule is CN1C(=O)Cc2cc(CNC(=O)C3(N)CC3)ccc21. The first-order valence-corrected chi connectivity index (χ1v) is 6.45. The number of hydrogen-bond acceptors (Lipinski definition) is 3. The smallest absolute Gasteiger partial charge is 0.240 e. The van der Waals surface area contributed by atoms with Crippen molar-refractivity contribution in [2.45, 2.75) is 31.3 Å². The van der Waals surface area contributed by atoms with Crippen molar-refractivity contribution in [1.82, 2.24) is 5.32 Å². The molecule has 1 saturated carbocycles. The van der Waals surface area contributed by atoms with Gasteiger partial charge in [0.15, 0.2) is 0 Å². The summed E-state index contributed by atoms with van der Waals surface area (Å²) in [4.78, 5) is 25.0. The molecule has 1 heterocycles. The zero-order valence-corrected chi connectivity index (χ0v) is 10.9. The van der Waals surface area contributed by atoms with Crippen LogP contribution in [-0.2, 0) is 22.6 Å². The number of rotatable bonds is 3. The molecule has 1 aliphatic heterocycles. The van der Waals surface area contributed by atoms with Crippen molar-refractivity contribution < 1.29 is 9.59 Å². The highest BCUT2D eigenvalue weighted by Crippen LogP contribution is 2.32. The zero-order valence-electron chi connectivity index (χ0n) is 10.9. The Hall–Kier alpha value is -1.88. The van der Waals surface area contributed by atoms with Gasteiger partial charge in [-0.05, 0) is 30.0 Å². The van der Waals surface area contributed by atoms with Gasteiger partial charge in [-0.25, -0.2) is 0 Å². The minimum Gasteiger partial charge on any atom is -0.350 e. The predicted octanol–water partition coefficient (Wildman–Crippen LogP) is 0.313. The van der Waals surface area contributed by atoms with Gasteiger partial charge in [-0.3, -0.25) is 9.59 Å². The van der Waals surface area contributed by atoms with E-state index in [0.717, 1.165) is 29.7 Å². The molecule has 3 rings (SSSR count). The monoisotopic (exact) mass is 259 g/mol. The number of likely N-dealkylation sites (N-methyl/N-ethyl adjacent to an activating group) is 1. The van der Waals surface area contributed by atoms with Crippen LogP contribution in [0.4, 0.5) is 5.69 Å². The van der Waals surface area contributed by atoms with Crippen LogP contribution in [0.15, 0.2) is 18.2 Å². The zero-order chi connectivity index (χ0) is 13.6. The van der Waals surface area contributed by atoms with Crippen LogP contribution in [0.5, 0.6) is 0 Å². The fraction of sp³-hybridized carbons (Fsp3) is 0.429. The summed E-state index contributed by atoms with van der Waals surface area (Å²) in [6, 6.07) is 5.84. The van der Waals surface area contributed by atoms with Crippen molar-refractivity contribution in [3.8, 4) is 0 Å². The molecule has 0 atom stereocenters. The minimum absolute atomic E-state index is 0.0822. The molecule has 2 amide bonds. The van der Waals surface area contributed by atoms with Gasteiger partial charge in [-0.15, -0.1) is 0 Å². The number of nitrogens with zero attached hydrogens (tertiary/aromatic N) is 1. The van der Waals surface area contributed by atoms with Gasteiger partial charge >= 0.3 is 0 Å². The topological polar surface area (TPSA) is 75.4 Å². The summed E-state index contributed by atoms with van der Waals surface area (Å²) in [7, 11) is 1.78. The van der Waals surface area contributed by atoms with E-state index in [1.165, 1.54) is 0 Å². The van der Waals surface area contributed by atoms with Gasteiger partial charge < -0.3 is 16.0 Å². The van der Waals surface area contributed by atoms with Crippen molar-refractivity contribution >= 4 is 17.5 Å². The van der Waals surface area contributed by atoms with E-state index in [2.05, 4.69) is 5.32 Å². The van der Waals surface area contributed by atoms with Crippen LogP contribution in [0.3, 0.4) is 0 Å². The van der Waals surface area contributed by atoms with E-state index in [4.69, 9.17) is 5.73 Å². The molecular formula is C14H17N3O2. The van der Waals surface area contributed by atoms with Gasteiger partial charge in [0.1, 0.15) is 0 Å². The van der Waals surface area contributed by atoms with Gasteiger partial charge in [0, 0.05) is 19.3 Å². The Balaban J connectivity index is 1.69. The highest BCUT2D eigenvalue weighted by molar-refractivity contribution is 6.00. The van der Waals surface area contributed by atoms with Gasteiger partial charge in [0.05, 0.1) is 12.0 Å².